The third kappa shape index (κ3) is 4.70. The summed E-state index contributed by atoms with van der Waals surface area (Å²) >= 11 is 5.80. The molecule has 1 aromatic heterocycles. The standard InChI is InChI=1S/C13H17ClN2O4/c1-13(2,5-10(17)18)7-16-11(19)9-4-8(14)6-15-12(9)20-3/h4,6H,5,7H2,1-3H3,(H,16,19)(H,17,18). The number of nitrogens with zero attached hydrogens (tertiary/aromatic N) is 1. The molecule has 0 aliphatic heterocycles. The predicted molar refractivity (Wildman–Crippen MR) is 74.2 cm³/mol. The number of hydrogen-bond donors (Lipinski definition) is 2. The number of pyridine rings is 1. The molecule has 0 aliphatic rings. The summed E-state index contributed by atoms with van der Waals surface area (Å²) in [6.07, 6.45) is 1.34. The van der Waals surface area contributed by atoms with Crippen LogP contribution in [-0.4, -0.2) is 35.6 Å². The summed E-state index contributed by atoms with van der Waals surface area (Å²) in [6, 6.07) is 1.45. The largest absolute Gasteiger partial charge is 0.481 e. The number of ether oxygens (including phenoxy) is 1. The molecule has 7 heteroatoms. The Kier molecular flexibility index (Phi) is 5.33. The van der Waals surface area contributed by atoms with Crippen LogP contribution in [0.3, 0.4) is 0 Å². The van der Waals surface area contributed by atoms with Gasteiger partial charge >= 0.3 is 5.97 Å². The SMILES string of the molecule is COc1ncc(Cl)cc1C(=O)NCC(C)(C)CC(=O)O. The van der Waals surface area contributed by atoms with Gasteiger partial charge in [-0.25, -0.2) is 4.98 Å². The maximum atomic E-state index is 12.1. The van der Waals surface area contributed by atoms with Gasteiger partial charge in [-0.3, -0.25) is 9.59 Å². The molecule has 110 valence electrons. The number of carboxylic acid groups (broad SMARTS) is 1. The number of rotatable bonds is 6. The molecule has 6 nitrogen and oxygen atoms in total. The average molecular weight is 301 g/mol. The molecule has 1 rings (SSSR count). The molecule has 0 fully saturated rings. The molecule has 1 aromatic rings. The van der Waals surface area contributed by atoms with Crippen molar-refractivity contribution >= 4 is 23.5 Å². The van der Waals surface area contributed by atoms with Gasteiger partial charge in [-0.05, 0) is 11.5 Å². The fourth-order valence-electron chi connectivity index (χ4n) is 1.64. The zero-order chi connectivity index (χ0) is 15.3. The van der Waals surface area contributed by atoms with E-state index < -0.39 is 17.3 Å². The van der Waals surface area contributed by atoms with Crippen LogP contribution >= 0.6 is 11.6 Å². The van der Waals surface area contributed by atoms with Gasteiger partial charge in [-0.2, -0.15) is 0 Å². The second kappa shape index (κ2) is 6.56. The lowest BCUT2D eigenvalue weighted by atomic mass is 9.89. The van der Waals surface area contributed by atoms with Crippen LogP contribution in [-0.2, 0) is 4.79 Å². The average Bonchev–Trinajstić information content (AvgIpc) is 2.34. The van der Waals surface area contributed by atoms with Gasteiger partial charge in [-0.1, -0.05) is 25.4 Å². The van der Waals surface area contributed by atoms with Crippen molar-refractivity contribution in [1.29, 1.82) is 0 Å². The lowest BCUT2D eigenvalue weighted by molar-refractivity contribution is -0.139. The number of aliphatic carboxylic acids is 1. The molecule has 0 radical (unpaired) electrons. The Morgan fingerprint density at radius 3 is 2.70 bits per heavy atom. The van der Waals surface area contributed by atoms with E-state index in [1.165, 1.54) is 19.4 Å². The van der Waals surface area contributed by atoms with Gasteiger partial charge in [0.1, 0.15) is 5.56 Å². The van der Waals surface area contributed by atoms with E-state index in [4.69, 9.17) is 21.4 Å². The van der Waals surface area contributed by atoms with Crippen LogP contribution in [0.15, 0.2) is 12.3 Å². The Morgan fingerprint density at radius 2 is 2.15 bits per heavy atom. The van der Waals surface area contributed by atoms with E-state index >= 15 is 0 Å². The van der Waals surface area contributed by atoms with Crippen molar-refractivity contribution in [2.75, 3.05) is 13.7 Å². The second-order valence-electron chi connectivity index (χ2n) is 5.13. The van der Waals surface area contributed by atoms with Crippen LogP contribution in [0.2, 0.25) is 5.02 Å². The van der Waals surface area contributed by atoms with E-state index in [9.17, 15) is 9.59 Å². The third-order valence-corrected chi connectivity index (χ3v) is 2.82. The monoisotopic (exact) mass is 300 g/mol. The molecule has 0 atom stereocenters. The first-order valence-corrected chi connectivity index (χ1v) is 6.32. The summed E-state index contributed by atoms with van der Waals surface area (Å²) in [7, 11) is 1.40. The first kappa shape index (κ1) is 16.2. The minimum atomic E-state index is -0.911. The number of methoxy groups -OCH3 is 1. The fraction of sp³-hybridized carbons (Fsp3) is 0.462. The normalized spacial score (nSPS) is 11.0. The Bertz CT molecular complexity index is 517. The van der Waals surface area contributed by atoms with Crippen molar-refractivity contribution in [3.8, 4) is 5.88 Å². The van der Waals surface area contributed by atoms with Crippen LogP contribution in [0.4, 0.5) is 0 Å². The van der Waals surface area contributed by atoms with Crippen molar-refractivity contribution in [2.45, 2.75) is 20.3 Å². The van der Waals surface area contributed by atoms with Crippen molar-refractivity contribution in [3.05, 3.63) is 22.8 Å². The number of carboxylic acids is 1. The minimum Gasteiger partial charge on any atom is -0.481 e. The first-order chi connectivity index (χ1) is 9.25. The van der Waals surface area contributed by atoms with Gasteiger partial charge in [0.25, 0.3) is 5.91 Å². The molecule has 0 bridgehead atoms. The van der Waals surface area contributed by atoms with Gasteiger partial charge in [0.15, 0.2) is 0 Å². The molecular weight excluding hydrogens is 284 g/mol. The van der Waals surface area contributed by atoms with E-state index in [-0.39, 0.29) is 24.4 Å². The number of amides is 1. The zero-order valence-corrected chi connectivity index (χ0v) is 12.3. The first-order valence-electron chi connectivity index (χ1n) is 5.95. The van der Waals surface area contributed by atoms with E-state index in [1.807, 2.05) is 0 Å². The maximum absolute atomic E-state index is 12.1. The van der Waals surface area contributed by atoms with Gasteiger partial charge < -0.3 is 15.2 Å². The molecule has 0 unspecified atom stereocenters. The summed E-state index contributed by atoms with van der Waals surface area (Å²) in [5, 5.41) is 11.8. The van der Waals surface area contributed by atoms with Gasteiger partial charge in [-0.15, -0.1) is 0 Å². The van der Waals surface area contributed by atoms with Crippen molar-refractivity contribution < 1.29 is 19.4 Å². The fourth-order valence-corrected chi connectivity index (χ4v) is 1.80. The molecule has 0 aromatic carbocycles. The highest BCUT2D eigenvalue weighted by Gasteiger charge is 2.23. The summed E-state index contributed by atoms with van der Waals surface area (Å²) in [5.41, 5.74) is -0.341. The molecule has 0 saturated heterocycles. The van der Waals surface area contributed by atoms with Gasteiger partial charge in [0.2, 0.25) is 5.88 Å². The van der Waals surface area contributed by atoms with E-state index in [0.29, 0.717) is 5.02 Å². The van der Waals surface area contributed by atoms with Crippen LogP contribution in [0, 0.1) is 5.41 Å². The van der Waals surface area contributed by atoms with Crippen molar-refractivity contribution in [1.82, 2.24) is 10.3 Å². The number of carbonyl (C=O) groups is 2. The van der Waals surface area contributed by atoms with Crippen LogP contribution in [0.1, 0.15) is 30.6 Å². The number of nitrogens with one attached hydrogen (secondary N) is 1. The quantitative estimate of drug-likeness (QED) is 0.838. The lowest BCUT2D eigenvalue weighted by Crippen LogP contribution is -2.35. The molecule has 1 amide bonds. The maximum Gasteiger partial charge on any atom is 0.303 e. The smallest absolute Gasteiger partial charge is 0.303 e. The molecule has 0 spiro atoms. The van der Waals surface area contributed by atoms with Gasteiger partial charge in [0.05, 0.1) is 18.6 Å². The lowest BCUT2D eigenvalue weighted by Gasteiger charge is -2.22. The summed E-state index contributed by atoms with van der Waals surface area (Å²) in [4.78, 5) is 26.7. The predicted octanol–water partition coefficient (Wildman–Crippen LogP) is 1.97. The molecule has 2 N–H and O–H groups in total. The highest BCUT2D eigenvalue weighted by atomic mass is 35.5. The van der Waals surface area contributed by atoms with E-state index in [0.717, 1.165) is 0 Å². The number of hydrogen-bond acceptors (Lipinski definition) is 4. The topological polar surface area (TPSA) is 88.5 Å². The molecular formula is C13H17ClN2O4. The van der Waals surface area contributed by atoms with Crippen molar-refractivity contribution in [2.24, 2.45) is 5.41 Å². The van der Waals surface area contributed by atoms with Gasteiger partial charge in [0, 0.05) is 12.7 Å². The molecule has 20 heavy (non-hydrogen) atoms. The molecule has 0 aliphatic carbocycles. The number of aromatic nitrogens is 1. The van der Waals surface area contributed by atoms with Crippen LogP contribution < -0.4 is 10.1 Å². The van der Waals surface area contributed by atoms with Crippen LogP contribution in [0.25, 0.3) is 0 Å². The number of carbonyl (C=O) groups excluding carboxylic acids is 1. The van der Waals surface area contributed by atoms with Crippen molar-refractivity contribution in [3.63, 3.8) is 0 Å². The Hall–Kier alpha value is -1.82. The molecule has 1 heterocycles. The molecule has 0 saturated carbocycles. The Balaban J connectivity index is 2.77. The second-order valence-corrected chi connectivity index (χ2v) is 5.56. The number of halogens is 1. The zero-order valence-electron chi connectivity index (χ0n) is 11.6. The summed E-state index contributed by atoms with van der Waals surface area (Å²) in [5.74, 6) is -1.15. The highest BCUT2D eigenvalue weighted by molar-refractivity contribution is 6.30. The summed E-state index contributed by atoms with van der Waals surface area (Å²) < 4.78 is 4.99. The Morgan fingerprint density at radius 1 is 1.50 bits per heavy atom. The summed E-state index contributed by atoms with van der Waals surface area (Å²) in [6.45, 7) is 3.73. The van der Waals surface area contributed by atoms with E-state index in [1.54, 1.807) is 13.8 Å². The Labute approximate surface area is 122 Å². The third-order valence-electron chi connectivity index (χ3n) is 2.61. The highest BCUT2D eigenvalue weighted by Crippen LogP contribution is 2.21. The minimum absolute atomic E-state index is 0.0434. The van der Waals surface area contributed by atoms with E-state index in [2.05, 4.69) is 10.3 Å². The van der Waals surface area contributed by atoms with Crippen LogP contribution in [0.5, 0.6) is 5.88 Å².